The van der Waals surface area contributed by atoms with E-state index in [2.05, 4.69) is 88.6 Å². The zero-order chi connectivity index (χ0) is 21.1. The fourth-order valence-corrected chi connectivity index (χ4v) is 5.68. The van der Waals surface area contributed by atoms with Gasteiger partial charge in [0.1, 0.15) is 5.75 Å². The van der Waals surface area contributed by atoms with E-state index in [1.165, 1.54) is 0 Å². The number of nitrogens with one attached hydrogen (secondary N) is 1. The van der Waals surface area contributed by atoms with Crippen molar-refractivity contribution in [3.05, 3.63) is 85.7 Å². The van der Waals surface area contributed by atoms with E-state index in [-0.39, 0.29) is 12.5 Å². The van der Waals surface area contributed by atoms with E-state index in [1.807, 2.05) is 36.4 Å². The SMILES string of the molecule is O=C(COc1c(Br)cc(Br)cc1Br)N/N=C\c1c2ccccc2cc2ccccc12. The van der Waals surface area contributed by atoms with Crippen molar-refractivity contribution in [1.29, 1.82) is 0 Å². The van der Waals surface area contributed by atoms with E-state index in [1.54, 1.807) is 6.21 Å². The van der Waals surface area contributed by atoms with E-state index in [4.69, 9.17) is 4.74 Å². The predicted molar refractivity (Wildman–Crippen MR) is 132 cm³/mol. The first-order valence-corrected chi connectivity index (χ1v) is 11.4. The zero-order valence-electron chi connectivity index (χ0n) is 15.5. The highest BCUT2D eigenvalue weighted by Gasteiger charge is 2.11. The van der Waals surface area contributed by atoms with Crippen LogP contribution < -0.4 is 10.2 Å². The van der Waals surface area contributed by atoms with Gasteiger partial charge in [0.15, 0.2) is 6.61 Å². The Morgan fingerprint density at radius 3 is 2.07 bits per heavy atom. The molecule has 150 valence electrons. The highest BCUT2D eigenvalue weighted by Crippen LogP contribution is 2.36. The number of amides is 1. The number of rotatable bonds is 5. The van der Waals surface area contributed by atoms with Gasteiger partial charge in [-0.25, -0.2) is 5.43 Å². The van der Waals surface area contributed by atoms with Crippen molar-refractivity contribution in [2.24, 2.45) is 5.10 Å². The van der Waals surface area contributed by atoms with Gasteiger partial charge >= 0.3 is 0 Å². The van der Waals surface area contributed by atoms with Gasteiger partial charge in [0.25, 0.3) is 5.91 Å². The largest absolute Gasteiger partial charge is 0.481 e. The fraction of sp³-hybridized carbons (Fsp3) is 0.0435. The lowest BCUT2D eigenvalue weighted by Gasteiger charge is -2.10. The van der Waals surface area contributed by atoms with E-state index in [0.717, 1.165) is 40.5 Å². The molecule has 4 aromatic carbocycles. The fourth-order valence-electron chi connectivity index (χ4n) is 3.19. The summed E-state index contributed by atoms with van der Waals surface area (Å²) in [7, 11) is 0. The normalized spacial score (nSPS) is 11.3. The minimum atomic E-state index is -0.350. The average Bonchev–Trinajstić information content (AvgIpc) is 2.72. The van der Waals surface area contributed by atoms with Crippen LogP contribution in [0.4, 0.5) is 0 Å². The van der Waals surface area contributed by atoms with Crippen LogP contribution in [0.1, 0.15) is 5.56 Å². The lowest BCUT2D eigenvalue weighted by atomic mass is 9.97. The molecule has 4 aromatic rings. The van der Waals surface area contributed by atoms with Crippen LogP contribution in [0.15, 0.2) is 85.2 Å². The van der Waals surface area contributed by atoms with Gasteiger partial charge in [-0.2, -0.15) is 5.10 Å². The number of hydrogen-bond acceptors (Lipinski definition) is 3. The summed E-state index contributed by atoms with van der Waals surface area (Å²) >= 11 is 10.3. The molecule has 0 fully saturated rings. The van der Waals surface area contributed by atoms with Gasteiger partial charge < -0.3 is 4.74 Å². The van der Waals surface area contributed by atoms with Crippen molar-refractivity contribution in [3.63, 3.8) is 0 Å². The molecule has 30 heavy (non-hydrogen) atoms. The van der Waals surface area contributed by atoms with Crippen LogP contribution >= 0.6 is 47.8 Å². The molecule has 7 heteroatoms. The Morgan fingerprint density at radius 1 is 0.900 bits per heavy atom. The number of nitrogens with zero attached hydrogens (tertiary/aromatic N) is 1. The number of benzene rings is 4. The second-order valence-electron chi connectivity index (χ2n) is 6.51. The molecule has 0 atom stereocenters. The third-order valence-electron chi connectivity index (χ3n) is 4.51. The average molecular weight is 591 g/mol. The van der Waals surface area contributed by atoms with E-state index < -0.39 is 0 Å². The Morgan fingerprint density at radius 2 is 1.47 bits per heavy atom. The minimum absolute atomic E-state index is 0.160. The summed E-state index contributed by atoms with van der Waals surface area (Å²) in [5.41, 5.74) is 3.51. The quantitative estimate of drug-likeness (QED) is 0.158. The summed E-state index contributed by atoms with van der Waals surface area (Å²) in [5, 5.41) is 8.58. The number of carbonyl (C=O) groups is 1. The number of carbonyl (C=O) groups excluding carboxylic acids is 1. The van der Waals surface area contributed by atoms with Crippen LogP contribution in [0.3, 0.4) is 0 Å². The van der Waals surface area contributed by atoms with Crippen LogP contribution in [-0.2, 0) is 4.79 Å². The van der Waals surface area contributed by atoms with Gasteiger partial charge in [-0.15, -0.1) is 0 Å². The van der Waals surface area contributed by atoms with Crippen molar-refractivity contribution in [2.45, 2.75) is 0 Å². The lowest BCUT2D eigenvalue weighted by molar-refractivity contribution is -0.123. The van der Waals surface area contributed by atoms with Crippen LogP contribution in [0, 0.1) is 0 Å². The van der Waals surface area contributed by atoms with Crippen molar-refractivity contribution in [2.75, 3.05) is 6.61 Å². The molecule has 0 bridgehead atoms. The van der Waals surface area contributed by atoms with Crippen LogP contribution in [0.2, 0.25) is 0 Å². The monoisotopic (exact) mass is 588 g/mol. The third kappa shape index (κ3) is 4.58. The predicted octanol–water partition coefficient (Wildman–Crippen LogP) is 6.81. The smallest absolute Gasteiger partial charge is 0.277 e. The van der Waals surface area contributed by atoms with Gasteiger partial charge in [-0.05, 0) is 71.6 Å². The Balaban J connectivity index is 1.52. The summed E-state index contributed by atoms with van der Waals surface area (Å²) in [6.07, 6.45) is 1.69. The Kier molecular flexibility index (Phi) is 6.51. The van der Waals surface area contributed by atoms with Gasteiger partial charge in [-0.1, -0.05) is 64.5 Å². The molecule has 0 unspecified atom stereocenters. The molecule has 0 aliphatic heterocycles. The summed E-state index contributed by atoms with van der Waals surface area (Å²) in [6, 6.07) is 22.1. The molecule has 4 nitrogen and oxygen atoms in total. The zero-order valence-corrected chi connectivity index (χ0v) is 20.3. The maximum atomic E-state index is 12.2. The standard InChI is InChI=1S/C23H15Br3N2O2/c24-16-10-20(25)23(21(26)11-16)30-13-22(29)28-27-12-19-17-7-3-1-5-14(17)9-15-6-2-4-8-18(15)19/h1-12H,13H2,(H,28,29)/b27-12-. The minimum Gasteiger partial charge on any atom is -0.481 e. The highest BCUT2D eigenvalue weighted by atomic mass is 79.9. The molecule has 0 radical (unpaired) electrons. The molecule has 0 spiro atoms. The Hall–Kier alpha value is -2.22. The second kappa shape index (κ2) is 9.29. The number of hydrogen-bond donors (Lipinski definition) is 1. The summed E-state index contributed by atoms with van der Waals surface area (Å²) in [4.78, 5) is 12.2. The molecule has 0 aliphatic carbocycles. The number of fused-ring (bicyclic) bond motifs is 2. The van der Waals surface area contributed by atoms with Crippen LogP contribution in [0.25, 0.3) is 21.5 Å². The molecule has 0 saturated heterocycles. The first-order valence-electron chi connectivity index (χ1n) is 9.02. The van der Waals surface area contributed by atoms with Crippen LogP contribution in [-0.4, -0.2) is 18.7 Å². The number of halogens is 3. The van der Waals surface area contributed by atoms with Gasteiger partial charge in [-0.3, -0.25) is 4.79 Å². The first-order chi connectivity index (χ1) is 14.5. The second-order valence-corrected chi connectivity index (χ2v) is 9.14. The number of hydrazone groups is 1. The molecule has 0 aliphatic rings. The van der Waals surface area contributed by atoms with E-state index >= 15 is 0 Å². The molecule has 0 saturated carbocycles. The molecule has 0 heterocycles. The summed E-state index contributed by atoms with van der Waals surface area (Å²) in [6.45, 7) is -0.160. The van der Waals surface area contributed by atoms with Gasteiger partial charge in [0.05, 0.1) is 15.2 Å². The highest BCUT2D eigenvalue weighted by molar-refractivity contribution is 9.11. The maximum absolute atomic E-state index is 12.2. The molecule has 0 aromatic heterocycles. The summed E-state index contributed by atoms with van der Waals surface area (Å²) < 4.78 is 8.00. The van der Waals surface area contributed by atoms with Crippen molar-refractivity contribution in [1.82, 2.24) is 5.43 Å². The van der Waals surface area contributed by atoms with Gasteiger partial charge in [0.2, 0.25) is 0 Å². The number of ether oxygens (including phenoxy) is 1. The lowest BCUT2D eigenvalue weighted by Crippen LogP contribution is -2.24. The van der Waals surface area contributed by atoms with Crippen LogP contribution in [0.5, 0.6) is 5.75 Å². The molecular weight excluding hydrogens is 576 g/mol. The topological polar surface area (TPSA) is 50.7 Å². The van der Waals surface area contributed by atoms with Crippen molar-refractivity contribution in [3.8, 4) is 5.75 Å². The van der Waals surface area contributed by atoms with Crippen molar-refractivity contribution >= 4 is 81.5 Å². The molecule has 4 rings (SSSR count). The Bertz CT molecular complexity index is 1210. The van der Waals surface area contributed by atoms with E-state index in [0.29, 0.717) is 5.75 Å². The van der Waals surface area contributed by atoms with Crippen molar-refractivity contribution < 1.29 is 9.53 Å². The molecule has 1 amide bonds. The Labute approximate surface area is 198 Å². The summed E-state index contributed by atoms with van der Waals surface area (Å²) in [5.74, 6) is 0.204. The first kappa shape index (κ1) is 21.0. The molecule has 1 N–H and O–H groups in total. The molecular formula is C23H15Br3N2O2. The maximum Gasteiger partial charge on any atom is 0.277 e. The van der Waals surface area contributed by atoms with Gasteiger partial charge in [0, 0.05) is 10.0 Å². The third-order valence-corrected chi connectivity index (χ3v) is 6.14. The van der Waals surface area contributed by atoms with E-state index in [9.17, 15) is 4.79 Å².